The van der Waals surface area contributed by atoms with E-state index >= 15 is 0 Å². The van der Waals surface area contributed by atoms with Crippen LogP contribution in [0.1, 0.15) is 0 Å². The maximum Gasteiger partial charge on any atom is 0.295 e. The lowest BCUT2D eigenvalue weighted by molar-refractivity contribution is 0.660. The second-order valence-corrected chi connectivity index (χ2v) is 4.68. The molecule has 0 saturated carbocycles. The second kappa shape index (κ2) is 3.29. The first-order valence-corrected chi connectivity index (χ1v) is 5.69. The first kappa shape index (κ1) is 9.80. The van der Waals surface area contributed by atoms with E-state index in [0.29, 0.717) is 15.9 Å². The number of benzene rings is 1. The van der Waals surface area contributed by atoms with Gasteiger partial charge < -0.3 is 9.40 Å². The lowest BCUT2D eigenvalue weighted by Crippen LogP contribution is -2.05. The summed E-state index contributed by atoms with van der Waals surface area (Å²) in [5.41, 5.74) is 1.23. The van der Waals surface area contributed by atoms with Crippen LogP contribution in [0.5, 0.6) is 0 Å². The Labute approximate surface area is 102 Å². The van der Waals surface area contributed by atoms with E-state index in [1.54, 1.807) is 6.07 Å². The highest BCUT2D eigenvalue weighted by Gasteiger charge is 2.10. The summed E-state index contributed by atoms with van der Waals surface area (Å²) in [6.45, 7) is 0. The highest BCUT2D eigenvalue weighted by molar-refractivity contribution is 9.10. The maximum absolute atomic E-state index is 11.6. The summed E-state index contributed by atoms with van der Waals surface area (Å²) in [7, 11) is 0. The quantitative estimate of drug-likeness (QED) is 0.627. The molecule has 2 N–H and O–H groups in total. The number of nitrogens with one attached hydrogen (secondary N) is 2. The Hall–Kier alpha value is -1.40. The molecule has 0 atom stereocenters. The number of halogens is 1. The highest BCUT2D eigenvalue weighted by Crippen LogP contribution is 2.27. The molecule has 0 fully saturated rings. The minimum Gasteiger partial charge on any atom is -0.449 e. The molecule has 3 rings (SSSR count). The molecule has 0 spiro atoms. The molecule has 0 radical (unpaired) electrons. The Balaban J connectivity index is 2.68. The number of hydrogen-bond donors (Lipinski definition) is 2. The molecule has 1 aromatic carbocycles. The van der Waals surface area contributed by atoms with Crippen LogP contribution in [0.2, 0.25) is 0 Å². The summed E-state index contributed by atoms with van der Waals surface area (Å²) >= 11 is 8.30. The van der Waals surface area contributed by atoms with Gasteiger partial charge in [-0.1, -0.05) is 15.9 Å². The lowest BCUT2D eigenvalue weighted by atomic mass is 10.2. The summed E-state index contributed by atoms with van der Waals surface area (Å²) in [6, 6.07) is 5.54. The van der Waals surface area contributed by atoms with Gasteiger partial charge in [-0.15, -0.1) is 0 Å². The number of rotatable bonds is 0. The van der Waals surface area contributed by atoms with Gasteiger partial charge in [-0.2, -0.15) is 0 Å². The van der Waals surface area contributed by atoms with Crippen molar-refractivity contribution in [3.63, 3.8) is 0 Å². The van der Waals surface area contributed by atoms with Gasteiger partial charge >= 0.3 is 0 Å². The number of aromatic amines is 2. The number of hydrogen-bond acceptors (Lipinski definition) is 3. The zero-order valence-electron chi connectivity index (χ0n) is 7.83. The monoisotopic (exact) mass is 296 g/mol. The standard InChI is InChI=1S/C10H5BrN2O2S/c11-4-1-2-6-5(3-4)7-8(15-6)9(14)13-10(16)12-7/h1-3H,(H2,12,13,14,16). The molecule has 0 aliphatic heterocycles. The summed E-state index contributed by atoms with van der Waals surface area (Å²) in [6.07, 6.45) is 0. The average molecular weight is 297 g/mol. The lowest BCUT2D eigenvalue weighted by Gasteiger charge is -1.90. The van der Waals surface area contributed by atoms with Crippen molar-refractivity contribution in [3.8, 4) is 0 Å². The van der Waals surface area contributed by atoms with Crippen LogP contribution in [0.3, 0.4) is 0 Å². The molecule has 2 heterocycles. The van der Waals surface area contributed by atoms with Crippen LogP contribution >= 0.6 is 28.1 Å². The smallest absolute Gasteiger partial charge is 0.295 e. The van der Waals surface area contributed by atoms with Crippen molar-refractivity contribution in [2.24, 2.45) is 0 Å². The van der Waals surface area contributed by atoms with Gasteiger partial charge in [0.25, 0.3) is 5.56 Å². The Morgan fingerprint density at radius 2 is 2.12 bits per heavy atom. The minimum atomic E-state index is -0.314. The fourth-order valence-corrected chi connectivity index (χ4v) is 2.21. The van der Waals surface area contributed by atoms with Crippen molar-refractivity contribution in [1.82, 2.24) is 9.97 Å². The second-order valence-electron chi connectivity index (χ2n) is 3.35. The van der Waals surface area contributed by atoms with Gasteiger partial charge in [-0.25, -0.2) is 0 Å². The Morgan fingerprint density at radius 3 is 2.94 bits per heavy atom. The van der Waals surface area contributed by atoms with Gasteiger partial charge in [0, 0.05) is 9.86 Å². The van der Waals surface area contributed by atoms with E-state index in [1.807, 2.05) is 12.1 Å². The van der Waals surface area contributed by atoms with Gasteiger partial charge in [0.05, 0.1) is 0 Å². The molecule has 80 valence electrons. The first-order valence-electron chi connectivity index (χ1n) is 4.49. The van der Waals surface area contributed by atoms with Crippen molar-refractivity contribution in [3.05, 3.63) is 37.8 Å². The van der Waals surface area contributed by atoms with Crippen molar-refractivity contribution < 1.29 is 4.42 Å². The van der Waals surface area contributed by atoms with Crippen LogP contribution in [0.25, 0.3) is 22.1 Å². The molecule has 4 nitrogen and oxygen atoms in total. The van der Waals surface area contributed by atoms with Crippen molar-refractivity contribution >= 4 is 50.2 Å². The van der Waals surface area contributed by atoms with Gasteiger partial charge in [0.15, 0.2) is 4.77 Å². The van der Waals surface area contributed by atoms with Gasteiger partial charge in [-0.05, 0) is 30.4 Å². The predicted molar refractivity (Wildman–Crippen MR) is 67.2 cm³/mol. The molecule has 0 unspecified atom stereocenters. The molecular formula is C10H5BrN2O2S. The molecule has 0 amide bonds. The molecule has 0 bridgehead atoms. The van der Waals surface area contributed by atoms with E-state index in [4.69, 9.17) is 16.6 Å². The van der Waals surface area contributed by atoms with Crippen molar-refractivity contribution in [2.75, 3.05) is 0 Å². The third kappa shape index (κ3) is 1.34. The van der Waals surface area contributed by atoms with E-state index in [1.165, 1.54) is 0 Å². The summed E-state index contributed by atoms with van der Waals surface area (Å²) in [4.78, 5) is 17.0. The predicted octanol–water partition coefficient (Wildman–Crippen LogP) is 3.09. The van der Waals surface area contributed by atoms with Crippen molar-refractivity contribution in [1.29, 1.82) is 0 Å². The average Bonchev–Trinajstić information content (AvgIpc) is 2.57. The minimum absolute atomic E-state index is 0.265. The third-order valence-corrected chi connectivity index (χ3v) is 3.02. The zero-order valence-corrected chi connectivity index (χ0v) is 10.2. The van der Waals surface area contributed by atoms with E-state index in [2.05, 4.69) is 25.9 Å². The van der Waals surface area contributed by atoms with Gasteiger partial charge in [0.2, 0.25) is 5.58 Å². The van der Waals surface area contributed by atoms with Crippen LogP contribution in [0.4, 0.5) is 0 Å². The summed E-state index contributed by atoms with van der Waals surface area (Å²) < 4.78 is 6.66. The summed E-state index contributed by atoms with van der Waals surface area (Å²) in [5, 5.41) is 0.835. The fourth-order valence-electron chi connectivity index (χ4n) is 1.66. The molecular weight excluding hydrogens is 292 g/mol. The van der Waals surface area contributed by atoms with Crippen LogP contribution in [0, 0.1) is 4.77 Å². The largest absolute Gasteiger partial charge is 0.449 e. The van der Waals surface area contributed by atoms with Gasteiger partial charge in [0.1, 0.15) is 11.1 Å². The van der Waals surface area contributed by atoms with Crippen LogP contribution in [-0.4, -0.2) is 9.97 Å². The third-order valence-electron chi connectivity index (χ3n) is 2.32. The Morgan fingerprint density at radius 1 is 1.31 bits per heavy atom. The van der Waals surface area contributed by atoms with Crippen molar-refractivity contribution in [2.45, 2.75) is 0 Å². The van der Waals surface area contributed by atoms with E-state index in [0.717, 1.165) is 9.86 Å². The number of aromatic nitrogens is 2. The molecule has 0 aliphatic rings. The van der Waals surface area contributed by atoms with Gasteiger partial charge in [-0.3, -0.25) is 9.78 Å². The molecule has 6 heteroatoms. The number of H-pyrrole nitrogens is 2. The normalized spacial score (nSPS) is 11.3. The molecule has 0 saturated heterocycles. The first-order chi connectivity index (χ1) is 7.65. The summed E-state index contributed by atoms with van der Waals surface area (Å²) in [5.74, 6) is 0. The molecule has 3 aromatic rings. The SMILES string of the molecule is O=c1[nH]c(=S)[nH]c2c1oc1ccc(Br)cc12. The number of fused-ring (bicyclic) bond motifs is 3. The topological polar surface area (TPSA) is 61.8 Å². The molecule has 0 aliphatic carbocycles. The zero-order chi connectivity index (χ0) is 11.3. The molecule has 16 heavy (non-hydrogen) atoms. The van der Waals surface area contributed by atoms with Crippen LogP contribution < -0.4 is 5.56 Å². The highest BCUT2D eigenvalue weighted by atomic mass is 79.9. The Kier molecular flexibility index (Phi) is 2.02. The van der Waals surface area contributed by atoms with E-state index in [9.17, 15) is 4.79 Å². The van der Waals surface area contributed by atoms with E-state index in [-0.39, 0.29) is 11.1 Å². The Bertz CT molecular complexity index is 815. The molecule has 2 aromatic heterocycles. The van der Waals surface area contributed by atoms with E-state index < -0.39 is 0 Å². The van der Waals surface area contributed by atoms with Crippen LogP contribution in [-0.2, 0) is 0 Å². The fraction of sp³-hybridized carbons (Fsp3) is 0. The van der Waals surface area contributed by atoms with Crippen LogP contribution in [0.15, 0.2) is 31.9 Å². The number of furan rings is 1. The maximum atomic E-state index is 11.6.